The van der Waals surface area contributed by atoms with Gasteiger partial charge < -0.3 is 19.8 Å². The lowest BCUT2D eigenvalue weighted by molar-refractivity contribution is 0.0935. The molecule has 0 spiro atoms. The fourth-order valence-corrected chi connectivity index (χ4v) is 2.68. The van der Waals surface area contributed by atoms with Crippen LogP contribution in [0.15, 0.2) is 48.5 Å². The number of aromatic amines is 1. The monoisotopic (exact) mass is 324 g/mol. The average molecular weight is 324 g/mol. The van der Waals surface area contributed by atoms with Crippen LogP contribution in [0, 0.1) is 0 Å². The van der Waals surface area contributed by atoms with Gasteiger partial charge in [-0.05, 0) is 36.8 Å². The van der Waals surface area contributed by atoms with E-state index in [1.807, 2.05) is 55.5 Å². The van der Waals surface area contributed by atoms with E-state index >= 15 is 0 Å². The molecule has 124 valence electrons. The molecule has 1 amide bonds. The van der Waals surface area contributed by atoms with E-state index in [0.717, 1.165) is 16.5 Å². The van der Waals surface area contributed by atoms with Crippen LogP contribution in [-0.2, 0) is 0 Å². The standard InChI is InChI=1S/C19H20N2O3/c1-12(13-8-9-17(23-2)18(11-13)24-3)20-19(22)16-10-14-6-4-5-7-15(14)21-16/h4-12,21H,1-3H3,(H,20,22)/t12-/m0/s1. The van der Waals surface area contributed by atoms with Gasteiger partial charge in [0.1, 0.15) is 5.69 Å². The number of benzene rings is 2. The Bertz CT molecular complexity index is 837. The lowest BCUT2D eigenvalue weighted by Crippen LogP contribution is -2.26. The number of carbonyl (C=O) groups excluding carboxylic acids is 1. The molecule has 24 heavy (non-hydrogen) atoms. The van der Waals surface area contributed by atoms with Crippen molar-refractivity contribution in [2.75, 3.05) is 14.2 Å². The molecule has 3 rings (SSSR count). The number of carbonyl (C=O) groups is 1. The van der Waals surface area contributed by atoms with Gasteiger partial charge in [0.2, 0.25) is 0 Å². The fourth-order valence-electron chi connectivity index (χ4n) is 2.68. The predicted molar refractivity (Wildman–Crippen MR) is 93.7 cm³/mol. The van der Waals surface area contributed by atoms with Crippen LogP contribution in [0.3, 0.4) is 0 Å². The maximum absolute atomic E-state index is 12.5. The second kappa shape index (κ2) is 6.66. The predicted octanol–water partition coefficient (Wildman–Crippen LogP) is 3.68. The fraction of sp³-hybridized carbons (Fsp3) is 0.211. The smallest absolute Gasteiger partial charge is 0.268 e. The maximum Gasteiger partial charge on any atom is 0.268 e. The molecule has 2 N–H and O–H groups in total. The van der Waals surface area contributed by atoms with Crippen molar-refractivity contribution in [3.05, 3.63) is 59.8 Å². The summed E-state index contributed by atoms with van der Waals surface area (Å²) in [6.07, 6.45) is 0. The topological polar surface area (TPSA) is 63.3 Å². The van der Waals surface area contributed by atoms with Crippen LogP contribution in [0.1, 0.15) is 29.0 Å². The maximum atomic E-state index is 12.5. The molecular weight excluding hydrogens is 304 g/mol. The van der Waals surface area contributed by atoms with Crippen LogP contribution >= 0.6 is 0 Å². The molecule has 5 nitrogen and oxygen atoms in total. The van der Waals surface area contributed by atoms with Gasteiger partial charge in [0, 0.05) is 10.9 Å². The zero-order valence-corrected chi connectivity index (χ0v) is 13.9. The average Bonchev–Trinajstić information content (AvgIpc) is 3.05. The molecule has 5 heteroatoms. The summed E-state index contributed by atoms with van der Waals surface area (Å²) in [4.78, 5) is 15.6. The van der Waals surface area contributed by atoms with E-state index in [-0.39, 0.29) is 11.9 Å². The molecular formula is C19H20N2O3. The number of hydrogen-bond donors (Lipinski definition) is 2. The summed E-state index contributed by atoms with van der Waals surface area (Å²) in [5, 5.41) is 4.01. The Hall–Kier alpha value is -2.95. The van der Waals surface area contributed by atoms with Gasteiger partial charge >= 0.3 is 0 Å². The normalized spacial score (nSPS) is 12.0. The third-order valence-corrected chi connectivity index (χ3v) is 4.03. The number of aromatic nitrogens is 1. The summed E-state index contributed by atoms with van der Waals surface area (Å²) in [6.45, 7) is 1.93. The van der Waals surface area contributed by atoms with Crippen LogP contribution in [0.5, 0.6) is 11.5 Å². The highest BCUT2D eigenvalue weighted by molar-refractivity contribution is 5.98. The third-order valence-electron chi connectivity index (χ3n) is 4.03. The molecule has 0 saturated heterocycles. The molecule has 0 aliphatic heterocycles. The number of hydrogen-bond acceptors (Lipinski definition) is 3. The van der Waals surface area contributed by atoms with Gasteiger partial charge in [-0.3, -0.25) is 4.79 Å². The quantitative estimate of drug-likeness (QED) is 0.752. The molecule has 1 heterocycles. The van der Waals surface area contributed by atoms with E-state index in [2.05, 4.69) is 10.3 Å². The number of fused-ring (bicyclic) bond motifs is 1. The van der Waals surface area contributed by atoms with E-state index in [9.17, 15) is 4.79 Å². The van der Waals surface area contributed by atoms with E-state index in [0.29, 0.717) is 17.2 Å². The molecule has 3 aromatic rings. The van der Waals surface area contributed by atoms with Crippen molar-refractivity contribution in [1.29, 1.82) is 0 Å². The van der Waals surface area contributed by atoms with Crippen LogP contribution in [0.25, 0.3) is 10.9 Å². The number of methoxy groups -OCH3 is 2. The third kappa shape index (κ3) is 3.06. The zero-order valence-electron chi connectivity index (χ0n) is 13.9. The summed E-state index contributed by atoms with van der Waals surface area (Å²) >= 11 is 0. The number of H-pyrrole nitrogens is 1. The molecule has 0 saturated carbocycles. The minimum Gasteiger partial charge on any atom is -0.493 e. The van der Waals surface area contributed by atoms with Crippen LogP contribution in [0.4, 0.5) is 0 Å². The minimum atomic E-state index is -0.163. The largest absolute Gasteiger partial charge is 0.493 e. The van der Waals surface area contributed by atoms with Gasteiger partial charge in [-0.25, -0.2) is 0 Å². The molecule has 0 radical (unpaired) electrons. The molecule has 1 aromatic heterocycles. The molecule has 0 fully saturated rings. The summed E-state index contributed by atoms with van der Waals surface area (Å²) < 4.78 is 10.6. The summed E-state index contributed by atoms with van der Waals surface area (Å²) in [7, 11) is 3.19. The summed E-state index contributed by atoms with van der Waals surface area (Å²) in [5.74, 6) is 1.16. The van der Waals surface area contributed by atoms with Gasteiger partial charge in [0.05, 0.1) is 20.3 Å². The lowest BCUT2D eigenvalue weighted by Gasteiger charge is -2.16. The number of rotatable bonds is 5. The van der Waals surface area contributed by atoms with Crippen molar-refractivity contribution >= 4 is 16.8 Å². The Labute approximate surface area is 140 Å². The Morgan fingerprint density at radius 3 is 2.50 bits per heavy atom. The molecule has 0 aliphatic carbocycles. The summed E-state index contributed by atoms with van der Waals surface area (Å²) in [5.41, 5.74) is 2.43. The van der Waals surface area contributed by atoms with E-state index in [4.69, 9.17) is 9.47 Å². The van der Waals surface area contributed by atoms with Gasteiger partial charge in [0.15, 0.2) is 11.5 Å². The second-order valence-electron chi connectivity index (χ2n) is 5.58. The molecule has 0 aliphatic rings. The van der Waals surface area contributed by atoms with E-state index < -0.39 is 0 Å². The minimum absolute atomic E-state index is 0.145. The van der Waals surface area contributed by atoms with Crippen molar-refractivity contribution in [3.8, 4) is 11.5 Å². The number of para-hydroxylation sites is 1. The molecule has 0 bridgehead atoms. The molecule has 1 atom stereocenters. The first kappa shape index (κ1) is 15.9. The highest BCUT2D eigenvalue weighted by Gasteiger charge is 2.15. The molecule has 0 unspecified atom stereocenters. The highest BCUT2D eigenvalue weighted by atomic mass is 16.5. The number of amides is 1. The first-order valence-electron chi connectivity index (χ1n) is 7.73. The van der Waals surface area contributed by atoms with Crippen molar-refractivity contribution in [1.82, 2.24) is 10.3 Å². The molecule has 2 aromatic carbocycles. The van der Waals surface area contributed by atoms with Gasteiger partial charge in [-0.1, -0.05) is 24.3 Å². The first-order valence-corrected chi connectivity index (χ1v) is 7.73. The van der Waals surface area contributed by atoms with Gasteiger partial charge in [0.25, 0.3) is 5.91 Å². The Kier molecular flexibility index (Phi) is 4.42. The van der Waals surface area contributed by atoms with Gasteiger partial charge in [-0.2, -0.15) is 0 Å². The Morgan fingerprint density at radius 2 is 1.79 bits per heavy atom. The van der Waals surface area contributed by atoms with Crippen LogP contribution < -0.4 is 14.8 Å². The van der Waals surface area contributed by atoms with E-state index in [1.54, 1.807) is 14.2 Å². The highest BCUT2D eigenvalue weighted by Crippen LogP contribution is 2.30. The van der Waals surface area contributed by atoms with Crippen molar-refractivity contribution < 1.29 is 14.3 Å². The zero-order chi connectivity index (χ0) is 17.1. The Balaban J connectivity index is 1.78. The lowest BCUT2D eigenvalue weighted by atomic mass is 10.1. The van der Waals surface area contributed by atoms with Crippen molar-refractivity contribution in [3.63, 3.8) is 0 Å². The second-order valence-corrected chi connectivity index (χ2v) is 5.58. The van der Waals surface area contributed by atoms with Crippen LogP contribution in [-0.4, -0.2) is 25.1 Å². The van der Waals surface area contributed by atoms with Crippen molar-refractivity contribution in [2.24, 2.45) is 0 Å². The van der Waals surface area contributed by atoms with Crippen molar-refractivity contribution in [2.45, 2.75) is 13.0 Å². The van der Waals surface area contributed by atoms with Gasteiger partial charge in [-0.15, -0.1) is 0 Å². The first-order chi connectivity index (χ1) is 11.6. The Morgan fingerprint density at radius 1 is 1.04 bits per heavy atom. The number of ether oxygens (including phenoxy) is 2. The van der Waals surface area contributed by atoms with E-state index in [1.165, 1.54) is 0 Å². The summed E-state index contributed by atoms with van der Waals surface area (Å²) in [6, 6.07) is 15.1. The number of nitrogens with one attached hydrogen (secondary N) is 2. The van der Waals surface area contributed by atoms with Crippen LogP contribution in [0.2, 0.25) is 0 Å². The SMILES string of the molecule is COc1ccc([C@H](C)NC(=O)c2cc3ccccc3[nH]2)cc1OC.